The number of aromatic nitrogens is 1. The molecular weight excluding hydrogens is 321 g/mol. The molecule has 0 fully saturated rings. The van der Waals surface area contributed by atoms with Gasteiger partial charge in [0.25, 0.3) is 0 Å². The minimum atomic E-state index is -0.693. The van der Waals surface area contributed by atoms with Crippen LogP contribution in [0.5, 0.6) is 0 Å². The average molecular weight is 336 g/mol. The van der Waals surface area contributed by atoms with Gasteiger partial charge >= 0.3 is 0 Å². The fraction of sp³-hybridized carbons (Fsp3) is 0.294. The van der Waals surface area contributed by atoms with Crippen molar-refractivity contribution < 1.29 is 9.53 Å². The van der Waals surface area contributed by atoms with E-state index in [1.165, 1.54) is 0 Å². The summed E-state index contributed by atoms with van der Waals surface area (Å²) >= 11 is 11.9. The average Bonchev–Trinajstić information content (AvgIpc) is 2.51. The molecule has 1 unspecified atom stereocenters. The first kappa shape index (κ1) is 15.5. The van der Waals surface area contributed by atoms with Gasteiger partial charge in [-0.25, -0.2) is 4.98 Å². The Morgan fingerprint density at radius 1 is 1.18 bits per heavy atom. The fourth-order valence-corrected chi connectivity index (χ4v) is 3.38. The molecule has 0 saturated heterocycles. The normalized spacial score (nSPS) is 20.8. The van der Waals surface area contributed by atoms with Gasteiger partial charge in [0.15, 0.2) is 5.78 Å². The van der Waals surface area contributed by atoms with E-state index >= 15 is 0 Å². The Labute approximate surface area is 139 Å². The molecule has 0 amide bonds. The number of pyridine rings is 1. The van der Waals surface area contributed by atoms with Gasteiger partial charge in [-0.15, -0.1) is 0 Å². The Balaban J connectivity index is 2.10. The highest BCUT2D eigenvalue weighted by molar-refractivity contribution is 6.30. The third kappa shape index (κ3) is 2.54. The summed E-state index contributed by atoms with van der Waals surface area (Å²) in [4.78, 5) is 17.4. The number of carbonyl (C=O) groups excluding carboxylic acids is 1. The maximum absolute atomic E-state index is 13.1. The molecule has 1 aliphatic rings. The number of carbonyl (C=O) groups is 1. The topological polar surface area (TPSA) is 39.2 Å². The Morgan fingerprint density at radius 2 is 1.91 bits per heavy atom. The molecule has 1 aromatic heterocycles. The molecule has 0 spiro atoms. The lowest BCUT2D eigenvalue weighted by atomic mass is 9.68. The van der Waals surface area contributed by atoms with Gasteiger partial charge in [-0.3, -0.25) is 4.79 Å². The Kier molecular flexibility index (Phi) is 4.22. The number of hydrogen-bond donors (Lipinski definition) is 0. The maximum atomic E-state index is 13.1. The summed E-state index contributed by atoms with van der Waals surface area (Å²) in [6.07, 6.45) is 1.33. The molecule has 0 N–H and O–H groups in total. The molecule has 0 radical (unpaired) electrons. The molecule has 22 heavy (non-hydrogen) atoms. The predicted octanol–water partition coefficient (Wildman–Crippen LogP) is 4.10. The van der Waals surface area contributed by atoms with Crippen molar-refractivity contribution in [3.63, 3.8) is 0 Å². The van der Waals surface area contributed by atoms with Gasteiger partial charge in [-0.1, -0.05) is 35.3 Å². The van der Waals surface area contributed by atoms with Gasteiger partial charge in [-0.2, -0.15) is 0 Å². The molecule has 1 aromatic carbocycles. The number of ketones is 1. The summed E-state index contributed by atoms with van der Waals surface area (Å²) in [5, 5.41) is 1.06. The predicted molar refractivity (Wildman–Crippen MR) is 86.9 cm³/mol. The van der Waals surface area contributed by atoms with Gasteiger partial charge in [0.05, 0.1) is 17.7 Å². The zero-order valence-corrected chi connectivity index (χ0v) is 13.6. The lowest BCUT2D eigenvalue weighted by Crippen LogP contribution is -2.44. The summed E-state index contributed by atoms with van der Waals surface area (Å²) in [5.41, 5.74) is 1.62. The van der Waals surface area contributed by atoms with E-state index in [9.17, 15) is 4.79 Å². The van der Waals surface area contributed by atoms with Crippen molar-refractivity contribution in [3.8, 4) is 0 Å². The first-order valence-electron chi connectivity index (χ1n) is 7.02. The third-order valence-electron chi connectivity index (χ3n) is 4.20. The van der Waals surface area contributed by atoms with Crippen LogP contribution in [0.3, 0.4) is 0 Å². The van der Waals surface area contributed by atoms with E-state index in [1.807, 2.05) is 12.1 Å². The number of aryl methyl sites for hydroxylation is 1. The Bertz CT molecular complexity index is 715. The summed E-state index contributed by atoms with van der Waals surface area (Å²) in [7, 11) is 1.61. The van der Waals surface area contributed by atoms with E-state index < -0.39 is 5.41 Å². The van der Waals surface area contributed by atoms with Crippen LogP contribution in [0.4, 0.5) is 0 Å². The van der Waals surface area contributed by atoms with E-state index in [0.29, 0.717) is 35.2 Å². The first-order chi connectivity index (χ1) is 10.6. The van der Waals surface area contributed by atoms with Crippen LogP contribution < -0.4 is 0 Å². The van der Waals surface area contributed by atoms with Crippen LogP contribution in [0.25, 0.3) is 0 Å². The number of Topliss-reactive ketones (excluding diaryl/α,β-unsaturated/α-hetero) is 1. The lowest BCUT2D eigenvalue weighted by molar-refractivity contribution is 0.0688. The molecule has 0 aliphatic heterocycles. The largest absolute Gasteiger partial charge is 0.383 e. The summed E-state index contributed by atoms with van der Waals surface area (Å²) < 4.78 is 5.38. The number of ether oxygens (including phenoxy) is 1. The van der Waals surface area contributed by atoms with Crippen molar-refractivity contribution in [1.29, 1.82) is 0 Å². The van der Waals surface area contributed by atoms with Crippen LogP contribution in [-0.2, 0) is 16.6 Å². The standard InChI is InChI=1S/C17H15Cl2NO2/c1-22-10-17(11-2-4-12(18)5-3-11)9-8-14-13(16(17)21)6-7-15(19)20-14/h2-7H,8-10H2,1H3. The quantitative estimate of drug-likeness (QED) is 0.792. The lowest BCUT2D eigenvalue weighted by Gasteiger charge is -2.36. The van der Waals surface area contributed by atoms with Gasteiger partial charge < -0.3 is 4.74 Å². The molecule has 3 nitrogen and oxygen atoms in total. The van der Waals surface area contributed by atoms with Crippen molar-refractivity contribution in [2.45, 2.75) is 18.3 Å². The number of nitrogens with zero attached hydrogens (tertiary/aromatic N) is 1. The van der Waals surface area contributed by atoms with Crippen LogP contribution in [0.1, 0.15) is 28.0 Å². The van der Waals surface area contributed by atoms with Gasteiger partial charge in [0.1, 0.15) is 5.15 Å². The summed E-state index contributed by atoms with van der Waals surface area (Å²) in [5.74, 6) is 0.0297. The molecule has 3 rings (SSSR count). The van der Waals surface area contributed by atoms with Gasteiger partial charge in [0, 0.05) is 17.7 Å². The summed E-state index contributed by atoms with van der Waals surface area (Å²) in [6.45, 7) is 0.329. The molecule has 114 valence electrons. The van der Waals surface area contributed by atoms with E-state index in [1.54, 1.807) is 31.4 Å². The highest BCUT2D eigenvalue weighted by Gasteiger charge is 2.44. The van der Waals surface area contributed by atoms with Gasteiger partial charge in [0.2, 0.25) is 0 Å². The minimum absolute atomic E-state index is 0.0297. The van der Waals surface area contributed by atoms with Crippen LogP contribution in [0.2, 0.25) is 10.2 Å². The molecule has 5 heteroatoms. The highest BCUT2D eigenvalue weighted by Crippen LogP contribution is 2.39. The molecule has 0 saturated carbocycles. The van der Waals surface area contributed by atoms with Crippen LogP contribution in [-0.4, -0.2) is 24.5 Å². The number of methoxy groups -OCH3 is 1. The monoisotopic (exact) mass is 335 g/mol. The van der Waals surface area contributed by atoms with Crippen molar-refractivity contribution in [2.75, 3.05) is 13.7 Å². The number of benzene rings is 1. The fourth-order valence-electron chi connectivity index (χ4n) is 3.09. The molecular formula is C17H15Cl2NO2. The van der Waals surface area contributed by atoms with E-state index in [-0.39, 0.29) is 5.78 Å². The SMILES string of the molecule is COCC1(c2ccc(Cl)cc2)CCc2nc(Cl)ccc2C1=O. The number of hydrogen-bond acceptors (Lipinski definition) is 3. The molecule has 0 bridgehead atoms. The first-order valence-corrected chi connectivity index (χ1v) is 7.77. The van der Waals surface area contributed by atoms with Crippen molar-refractivity contribution in [1.82, 2.24) is 4.98 Å². The van der Waals surface area contributed by atoms with E-state index in [0.717, 1.165) is 11.3 Å². The zero-order valence-electron chi connectivity index (χ0n) is 12.1. The molecule has 2 aromatic rings. The minimum Gasteiger partial charge on any atom is -0.383 e. The number of rotatable bonds is 3. The zero-order chi connectivity index (χ0) is 15.7. The van der Waals surface area contributed by atoms with Gasteiger partial charge in [-0.05, 0) is 42.7 Å². The molecule has 1 atom stereocenters. The summed E-state index contributed by atoms with van der Waals surface area (Å²) in [6, 6.07) is 10.8. The van der Waals surface area contributed by atoms with E-state index in [2.05, 4.69) is 4.98 Å². The molecule has 1 heterocycles. The smallest absolute Gasteiger partial charge is 0.177 e. The second kappa shape index (κ2) is 5.99. The highest BCUT2D eigenvalue weighted by atomic mass is 35.5. The third-order valence-corrected chi connectivity index (χ3v) is 4.66. The van der Waals surface area contributed by atoms with E-state index in [4.69, 9.17) is 27.9 Å². The Morgan fingerprint density at radius 3 is 2.59 bits per heavy atom. The second-order valence-corrected chi connectivity index (χ2v) is 6.30. The second-order valence-electron chi connectivity index (χ2n) is 5.48. The van der Waals surface area contributed by atoms with Crippen LogP contribution in [0, 0.1) is 0 Å². The van der Waals surface area contributed by atoms with Crippen molar-refractivity contribution in [3.05, 3.63) is 63.4 Å². The maximum Gasteiger partial charge on any atom is 0.177 e. The van der Waals surface area contributed by atoms with Crippen LogP contribution in [0.15, 0.2) is 36.4 Å². The number of halogens is 2. The van der Waals surface area contributed by atoms with Crippen molar-refractivity contribution >= 4 is 29.0 Å². The number of fused-ring (bicyclic) bond motifs is 1. The Hall–Kier alpha value is -1.42. The van der Waals surface area contributed by atoms with Crippen LogP contribution >= 0.6 is 23.2 Å². The van der Waals surface area contributed by atoms with Crippen molar-refractivity contribution in [2.24, 2.45) is 0 Å². The molecule has 1 aliphatic carbocycles.